The van der Waals surface area contributed by atoms with E-state index in [1.54, 1.807) is 0 Å². The number of likely N-dealkylation sites (N-methyl/N-ethyl adjacent to an activating group) is 1. The largest absolute Gasteiger partial charge is 0.378 e. The quantitative estimate of drug-likeness (QED) is 0.685. The number of nitrogens with zero attached hydrogens (tertiary/aromatic N) is 3. The van der Waals surface area contributed by atoms with E-state index in [2.05, 4.69) is 29.7 Å². The smallest absolute Gasteiger partial charge is 0.0900 e. The van der Waals surface area contributed by atoms with Gasteiger partial charge in [-0.3, -0.25) is 4.90 Å². The van der Waals surface area contributed by atoms with Gasteiger partial charge in [-0.2, -0.15) is 5.26 Å². The number of hydrogen-bond acceptors (Lipinski definition) is 4. The number of piperazine rings is 1. The molecule has 0 aromatic carbocycles. The summed E-state index contributed by atoms with van der Waals surface area (Å²) in [7, 11) is 0. The number of rotatable bonds is 2. The maximum atomic E-state index is 9.16. The molecule has 2 saturated heterocycles. The summed E-state index contributed by atoms with van der Waals surface area (Å²) in [5, 5.41) is 9.16. The minimum atomic E-state index is -0.0609. The third-order valence-electron chi connectivity index (χ3n) is 4.13. The molecule has 0 radical (unpaired) electrons. The van der Waals surface area contributed by atoms with Crippen LogP contribution in [0, 0.1) is 17.2 Å². The van der Waals surface area contributed by atoms with Crippen molar-refractivity contribution in [3.63, 3.8) is 0 Å². The lowest BCUT2D eigenvalue weighted by Crippen LogP contribution is -2.58. The van der Waals surface area contributed by atoms with E-state index in [1.807, 2.05) is 0 Å². The Morgan fingerprint density at radius 3 is 2.62 bits per heavy atom. The molecule has 2 atom stereocenters. The molecule has 0 N–H and O–H groups in total. The Labute approximate surface area is 97.8 Å². The van der Waals surface area contributed by atoms with Crippen LogP contribution in [0.4, 0.5) is 0 Å². The number of nitriles is 1. The van der Waals surface area contributed by atoms with Gasteiger partial charge in [0.05, 0.1) is 30.7 Å². The van der Waals surface area contributed by atoms with Crippen LogP contribution in [-0.2, 0) is 4.74 Å². The SMILES string of the molecule is CCN1CCN([C@@]2(C)COC[C@H]2C#N)CC1. The zero-order chi connectivity index (χ0) is 11.6. The van der Waals surface area contributed by atoms with Gasteiger partial charge in [-0.25, -0.2) is 0 Å². The van der Waals surface area contributed by atoms with Crippen LogP contribution in [0.15, 0.2) is 0 Å². The average Bonchev–Trinajstić information content (AvgIpc) is 2.72. The van der Waals surface area contributed by atoms with Crippen LogP contribution in [0.25, 0.3) is 0 Å². The fourth-order valence-corrected chi connectivity index (χ4v) is 2.73. The maximum absolute atomic E-state index is 9.16. The fourth-order valence-electron chi connectivity index (χ4n) is 2.73. The Morgan fingerprint density at radius 1 is 1.38 bits per heavy atom. The highest BCUT2D eigenvalue weighted by atomic mass is 16.5. The molecule has 4 heteroatoms. The third kappa shape index (κ3) is 1.95. The van der Waals surface area contributed by atoms with Gasteiger partial charge in [0.25, 0.3) is 0 Å². The molecule has 2 rings (SSSR count). The number of ether oxygens (including phenoxy) is 1. The molecular formula is C12H21N3O. The van der Waals surface area contributed by atoms with Crippen LogP contribution in [0.3, 0.4) is 0 Å². The van der Waals surface area contributed by atoms with Gasteiger partial charge in [-0.1, -0.05) is 6.92 Å². The summed E-state index contributed by atoms with van der Waals surface area (Å²) in [6.45, 7) is 11.2. The summed E-state index contributed by atoms with van der Waals surface area (Å²) in [4.78, 5) is 4.90. The second-order valence-electron chi connectivity index (χ2n) is 4.98. The Hall–Kier alpha value is -0.630. The first-order valence-corrected chi connectivity index (χ1v) is 6.15. The molecule has 4 nitrogen and oxygen atoms in total. The lowest BCUT2D eigenvalue weighted by Gasteiger charge is -2.44. The Morgan fingerprint density at radius 2 is 2.06 bits per heavy atom. The van der Waals surface area contributed by atoms with E-state index < -0.39 is 0 Å². The van der Waals surface area contributed by atoms with Gasteiger partial charge in [0.1, 0.15) is 0 Å². The van der Waals surface area contributed by atoms with Crippen molar-refractivity contribution in [1.29, 1.82) is 5.26 Å². The summed E-state index contributed by atoms with van der Waals surface area (Å²) in [5.41, 5.74) is -0.0609. The van der Waals surface area contributed by atoms with Gasteiger partial charge < -0.3 is 9.64 Å². The highest BCUT2D eigenvalue weighted by Crippen LogP contribution is 2.31. The van der Waals surface area contributed by atoms with Gasteiger partial charge in [-0.15, -0.1) is 0 Å². The van der Waals surface area contributed by atoms with Gasteiger partial charge in [0.2, 0.25) is 0 Å². The summed E-state index contributed by atoms with van der Waals surface area (Å²) < 4.78 is 5.49. The van der Waals surface area contributed by atoms with E-state index in [1.165, 1.54) is 0 Å². The fraction of sp³-hybridized carbons (Fsp3) is 0.917. The highest BCUT2D eigenvalue weighted by Gasteiger charge is 2.45. The minimum Gasteiger partial charge on any atom is -0.378 e. The molecule has 0 aromatic rings. The van der Waals surface area contributed by atoms with Crippen LogP contribution >= 0.6 is 0 Å². The summed E-state index contributed by atoms with van der Waals surface area (Å²) in [6, 6.07) is 2.40. The first-order valence-electron chi connectivity index (χ1n) is 6.15. The van der Waals surface area contributed by atoms with Crippen molar-refractivity contribution in [2.24, 2.45) is 5.92 Å². The molecule has 0 amide bonds. The molecule has 2 fully saturated rings. The molecule has 0 aromatic heterocycles. The molecule has 0 bridgehead atoms. The van der Waals surface area contributed by atoms with Crippen molar-refractivity contribution in [3.05, 3.63) is 0 Å². The summed E-state index contributed by atoms with van der Waals surface area (Å²) in [5.74, 6) is 0.0284. The lowest BCUT2D eigenvalue weighted by molar-refractivity contribution is 0.0262. The second kappa shape index (κ2) is 4.70. The molecule has 0 spiro atoms. The molecule has 16 heavy (non-hydrogen) atoms. The average molecular weight is 223 g/mol. The zero-order valence-electron chi connectivity index (χ0n) is 10.3. The molecule has 0 aliphatic carbocycles. The van der Waals surface area contributed by atoms with Crippen molar-refractivity contribution >= 4 is 0 Å². The van der Waals surface area contributed by atoms with Crippen LogP contribution in [-0.4, -0.2) is 61.3 Å². The van der Waals surface area contributed by atoms with E-state index in [0.29, 0.717) is 13.2 Å². The molecule has 0 unspecified atom stereocenters. The van der Waals surface area contributed by atoms with E-state index in [4.69, 9.17) is 10.00 Å². The molecular weight excluding hydrogens is 202 g/mol. The molecule has 2 aliphatic rings. The van der Waals surface area contributed by atoms with E-state index in [9.17, 15) is 0 Å². The molecule has 0 saturated carbocycles. The molecule has 90 valence electrons. The van der Waals surface area contributed by atoms with Crippen LogP contribution in [0.5, 0.6) is 0 Å². The third-order valence-corrected chi connectivity index (χ3v) is 4.13. The minimum absolute atomic E-state index is 0.0284. The van der Waals surface area contributed by atoms with E-state index >= 15 is 0 Å². The Balaban J connectivity index is 2.00. The summed E-state index contributed by atoms with van der Waals surface area (Å²) >= 11 is 0. The van der Waals surface area contributed by atoms with Crippen LogP contribution in [0.2, 0.25) is 0 Å². The normalized spacial score (nSPS) is 37.4. The van der Waals surface area contributed by atoms with Gasteiger partial charge in [0.15, 0.2) is 0 Å². The zero-order valence-corrected chi connectivity index (χ0v) is 10.3. The first kappa shape index (κ1) is 11.8. The lowest BCUT2D eigenvalue weighted by atomic mass is 9.87. The van der Waals surface area contributed by atoms with Gasteiger partial charge >= 0.3 is 0 Å². The standard InChI is InChI=1S/C12H21N3O/c1-3-14-4-6-15(7-5-14)12(2)10-16-9-11(12)8-13/h11H,3-7,9-10H2,1-2H3/t11-,12+/m1/s1. The Kier molecular flexibility index (Phi) is 3.48. The second-order valence-corrected chi connectivity index (χ2v) is 4.98. The van der Waals surface area contributed by atoms with E-state index in [0.717, 1.165) is 32.7 Å². The Bertz CT molecular complexity index is 280. The molecule has 2 heterocycles. The highest BCUT2D eigenvalue weighted by molar-refractivity contribution is 5.06. The van der Waals surface area contributed by atoms with E-state index in [-0.39, 0.29) is 11.5 Å². The maximum Gasteiger partial charge on any atom is 0.0900 e. The van der Waals surface area contributed by atoms with Gasteiger partial charge in [0, 0.05) is 26.2 Å². The van der Waals surface area contributed by atoms with Crippen molar-refractivity contribution in [3.8, 4) is 6.07 Å². The number of hydrogen-bond donors (Lipinski definition) is 0. The topological polar surface area (TPSA) is 39.5 Å². The van der Waals surface area contributed by atoms with Crippen molar-refractivity contribution < 1.29 is 4.74 Å². The summed E-state index contributed by atoms with van der Waals surface area (Å²) in [6.07, 6.45) is 0. The van der Waals surface area contributed by atoms with Crippen molar-refractivity contribution in [1.82, 2.24) is 9.80 Å². The van der Waals surface area contributed by atoms with Crippen LogP contribution in [0.1, 0.15) is 13.8 Å². The van der Waals surface area contributed by atoms with Crippen molar-refractivity contribution in [2.75, 3.05) is 45.9 Å². The predicted octanol–water partition coefficient (Wildman–Crippen LogP) is 0.553. The first-order chi connectivity index (χ1) is 7.70. The monoisotopic (exact) mass is 223 g/mol. The van der Waals surface area contributed by atoms with Crippen LogP contribution < -0.4 is 0 Å². The van der Waals surface area contributed by atoms with Gasteiger partial charge in [-0.05, 0) is 13.5 Å². The molecule has 2 aliphatic heterocycles. The predicted molar refractivity (Wildman–Crippen MR) is 62.0 cm³/mol. The van der Waals surface area contributed by atoms with Crippen molar-refractivity contribution in [2.45, 2.75) is 19.4 Å².